The summed E-state index contributed by atoms with van der Waals surface area (Å²) in [7, 11) is 0. The maximum absolute atomic E-state index is 13.2. The zero-order valence-electron chi connectivity index (χ0n) is 16.7. The molecule has 31 heavy (non-hydrogen) atoms. The Kier molecular flexibility index (Phi) is 5.28. The van der Waals surface area contributed by atoms with Gasteiger partial charge in [-0.2, -0.15) is 13.2 Å². The Morgan fingerprint density at radius 2 is 1.94 bits per heavy atom. The van der Waals surface area contributed by atoms with Crippen LogP contribution in [-0.2, 0) is 19.3 Å². The van der Waals surface area contributed by atoms with Crippen molar-refractivity contribution < 1.29 is 18.0 Å². The lowest BCUT2D eigenvalue weighted by Gasteiger charge is -2.35. The van der Waals surface area contributed by atoms with Gasteiger partial charge in [-0.05, 0) is 49.7 Å². The van der Waals surface area contributed by atoms with E-state index in [4.69, 9.17) is 0 Å². The fraction of sp³-hybridized carbons (Fsp3) is 0.286. The van der Waals surface area contributed by atoms with Crippen LogP contribution < -0.4 is 5.56 Å². The first-order valence-electron chi connectivity index (χ1n) is 9.47. The van der Waals surface area contributed by atoms with Crippen LogP contribution in [-0.4, -0.2) is 31.0 Å². The molecular weight excluding hydrogens is 477 g/mol. The summed E-state index contributed by atoms with van der Waals surface area (Å²) in [5, 5.41) is 0. The van der Waals surface area contributed by atoms with Gasteiger partial charge >= 0.3 is 6.18 Å². The number of rotatable bonds is 3. The van der Waals surface area contributed by atoms with Crippen molar-refractivity contribution in [3.05, 3.63) is 80.2 Å². The maximum Gasteiger partial charge on any atom is 0.416 e. The second kappa shape index (κ2) is 7.67. The normalized spacial score (nSPS) is 16.5. The number of aryl methyl sites for hydroxylation is 1. The minimum absolute atomic E-state index is 0.000816. The molecule has 3 aromatic rings. The van der Waals surface area contributed by atoms with E-state index in [0.717, 1.165) is 17.8 Å². The van der Waals surface area contributed by atoms with Crippen LogP contribution >= 0.6 is 15.9 Å². The van der Waals surface area contributed by atoms with Gasteiger partial charge in [0.1, 0.15) is 11.4 Å². The van der Waals surface area contributed by atoms with Crippen LogP contribution in [0.4, 0.5) is 13.2 Å². The van der Waals surface area contributed by atoms with Crippen LogP contribution in [0.15, 0.2) is 52.1 Å². The van der Waals surface area contributed by atoms with Crippen LogP contribution in [0, 0.1) is 6.92 Å². The van der Waals surface area contributed by atoms with E-state index in [1.165, 1.54) is 15.8 Å². The molecule has 0 aliphatic carbocycles. The predicted molar refractivity (Wildman–Crippen MR) is 111 cm³/mol. The molecule has 1 amide bonds. The Bertz CT molecular complexity index is 1230. The third kappa shape index (κ3) is 4.04. The Morgan fingerprint density at radius 1 is 1.19 bits per heavy atom. The molecule has 4 rings (SSSR count). The van der Waals surface area contributed by atoms with E-state index in [-0.39, 0.29) is 34.9 Å². The molecule has 3 heterocycles. The Labute approximate surface area is 184 Å². The van der Waals surface area contributed by atoms with Crippen molar-refractivity contribution in [2.75, 3.05) is 0 Å². The summed E-state index contributed by atoms with van der Waals surface area (Å²) >= 11 is 3.11. The number of pyridine rings is 1. The SMILES string of the molecule is Cc1cn(-c2ccc3n(c2=O)C[C@@H](C)N(Cc2cc(Br)cc(C(F)(F)F)c2)C3=O)cn1. The van der Waals surface area contributed by atoms with Gasteiger partial charge in [0, 0.05) is 29.8 Å². The predicted octanol–water partition coefficient (Wildman–Crippen LogP) is 4.17. The van der Waals surface area contributed by atoms with E-state index < -0.39 is 17.6 Å². The summed E-state index contributed by atoms with van der Waals surface area (Å²) in [5.41, 5.74) is 0.574. The van der Waals surface area contributed by atoms with Gasteiger partial charge in [-0.3, -0.25) is 9.59 Å². The quantitative estimate of drug-likeness (QED) is 0.549. The maximum atomic E-state index is 13.2. The third-order valence-corrected chi connectivity index (χ3v) is 5.70. The molecule has 1 aliphatic heterocycles. The first kappa shape index (κ1) is 21.4. The molecule has 2 aromatic heterocycles. The number of alkyl halides is 3. The summed E-state index contributed by atoms with van der Waals surface area (Å²) in [6.45, 7) is 3.81. The number of imidazole rings is 1. The number of carbonyl (C=O) groups is 1. The lowest BCUT2D eigenvalue weighted by Crippen LogP contribution is -2.49. The number of carbonyl (C=O) groups excluding carboxylic acids is 1. The van der Waals surface area contributed by atoms with Gasteiger partial charge in [-0.25, -0.2) is 4.98 Å². The van der Waals surface area contributed by atoms with E-state index >= 15 is 0 Å². The minimum atomic E-state index is -4.49. The molecule has 0 saturated carbocycles. The standard InChI is InChI=1S/C21H18BrF3N4O2/c1-12-8-27(11-26-12)17-3-4-18-20(31)28(13(2)9-29(18)19(17)30)10-14-5-15(21(23,24)25)7-16(22)6-14/h3-8,11,13H,9-10H2,1-2H3/t13-/m1/s1. The Hall–Kier alpha value is -2.88. The van der Waals surface area contributed by atoms with Gasteiger partial charge in [0.2, 0.25) is 0 Å². The summed E-state index contributed by atoms with van der Waals surface area (Å²) in [6.07, 6.45) is -1.24. The number of halogens is 4. The van der Waals surface area contributed by atoms with Crippen molar-refractivity contribution in [3.63, 3.8) is 0 Å². The molecule has 1 atom stereocenters. The fourth-order valence-electron chi connectivity index (χ4n) is 3.72. The van der Waals surface area contributed by atoms with Gasteiger partial charge < -0.3 is 14.0 Å². The summed E-state index contributed by atoms with van der Waals surface area (Å²) < 4.78 is 42.8. The van der Waals surface area contributed by atoms with Crippen LogP contribution in [0.2, 0.25) is 0 Å². The third-order valence-electron chi connectivity index (χ3n) is 5.24. The number of amides is 1. The highest BCUT2D eigenvalue weighted by Gasteiger charge is 2.33. The van der Waals surface area contributed by atoms with Crippen molar-refractivity contribution >= 4 is 21.8 Å². The zero-order chi connectivity index (χ0) is 22.5. The molecule has 162 valence electrons. The molecule has 0 saturated heterocycles. The number of hydrogen-bond acceptors (Lipinski definition) is 3. The van der Waals surface area contributed by atoms with Gasteiger partial charge in [-0.1, -0.05) is 15.9 Å². The Morgan fingerprint density at radius 3 is 2.58 bits per heavy atom. The first-order chi connectivity index (χ1) is 14.5. The smallest absolute Gasteiger partial charge is 0.329 e. The minimum Gasteiger partial charge on any atom is -0.329 e. The average molecular weight is 495 g/mol. The van der Waals surface area contributed by atoms with Gasteiger partial charge in [0.15, 0.2) is 0 Å². The molecular formula is C21H18BrF3N4O2. The van der Waals surface area contributed by atoms with Crippen molar-refractivity contribution in [1.82, 2.24) is 19.0 Å². The lowest BCUT2D eigenvalue weighted by molar-refractivity contribution is -0.137. The van der Waals surface area contributed by atoms with Gasteiger partial charge in [0.25, 0.3) is 11.5 Å². The highest BCUT2D eigenvalue weighted by molar-refractivity contribution is 9.10. The van der Waals surface area contributed by atoms with E-state index in [1.807, 2.05) is 6.92 Å². The van der Waals surface area contributed by atoms with Crippen molar-refractivity contribution in [2.24, 2.45) is 0 Å². The summed E-state index contributed by atoms with van der Waals surface area (Å²) in [6, 6.07) is 6.33. The highest BCUT2D eigenvalue weighted by atomic mass is 79.9. The molecule has 0 fully saturated rings. The summed E-state index contributed by atoms with van der Waals surface area (Å²) in [5.74, 6) is -0.405. The molecule has 0 N–H and O–H groups in total. The first-order valence-corrected chi connectivity index (χ1v) is 10.3. The number of fused-ring (bicyclic) bond motifs is 1. The molecule has 0 spiro atoms. The molecule has 1 aliphatic rings. The fourth-order valence-corrected chi connectivity index (χ4v) is 4.26. The van der Waals surface area contributed by atoms with E-state index in [2.05, 4.69) is 20.9 Å². The largest absolute Gasteiger partial charge is 0.416 e. The molecule has 0 radical (unpaired) electrons. The van der Waals surface area contributed by atoms with E-state index in [0.29, 0.717) is 11.3 Å². The molecule has 10 heteroatoms. The highest BCUT2D eigenvalue weighted by Crippen LogP contribution is 2.33. The van der Waals surface area contributed by atoms with Crippen molar-refractivity contribution in [1.29, 1.82) is 0 Å². The number of hydrogen-bond donors (Lipinski definition) is 0. The van der Waals surface area contributed by atoms with Crippen molar-refractivity contribution in [3.8, 4) is 5.69 Å². The lowest BCUT2D eigenvalue weighted by atomic mass is 10.1. The van der Waals surface area contributed by atoms with Gasteiger partial charge in [-0.15, -0.1) is 0 Å². The monoisotopic (exact) mass is 494 g/mol. The van der Waals surface area contributed by atoms with Crippen LogP contribution in [0.25, 0.3) is 5.69 Å². The molecule has 0 unspecified atom stereocenters. The Balaban J connectivity index is 1.68. The zero-order valence-corrected chi connectivity index (χ0v) is 18.2. The van der Waals surface area contributed by atoms with Crippen molar-refractivity contribution in [2.45, 2.75) is 39.2 Å². The van der Waals surface area contributed by atoms with Crippen LogP contribution in [0.5, 0.6) is 0 Å². The average Bonchev–Trinajstić information content (AvgIpc) is 3.11. The second-order valence-electron chi connectivity index (χ2n) is 7.57. The molecule has 6 nitrogen and oxygen atoms in total. The molecule has 1 aromatic carbocycles. The van der Waals surface area contributed by atoms with Gasteiger partial charge in [0.05, 0.1) is 17.6 Å². The second-order valence-corrected chi connectivity index (χ2v) is 8.49. The van der Waals surface area contributed by atoms with E-state index in [9.17, 15) is 22.8 Å². The number of aromatic nitrogens is 3. The van der Waals surface area contributed by atoms with Crippen LogP contribution in [0.1, 0.15) is 34.2 Å². The van der Waals surface area contributed by atoms with Crippen LogP contribution in [0.3, 0.4) is 0 Å². The topological polar surface area (TPSA) is 60.1 Å². The number of nitrogens with zero attached hydrogens (tertiary/aromatic N) is 4. The molecule has 0 bridgehead atoms. The number of benzene rings is 1. The summed E-state index contributed by atoms with van der Waals surface area (Å²) in [4.78, 5) is 31.7. The van der Waals surface area contributed by atoms with E-state index in [1.54, 1.807) is 35.9 Å².